The van der Waals surface area contributed by atoms with Crippen molar-refractivity contribution in [2.24, 2.45) is 0 Å². The van der Waals surface area contributed by atoms with E-state index < -0.39 is 5.97 Å². The summed E-state index contributed by atoms with van der Waals surface area (Å²) >= 11 is 5.74. The number of aryl methyl sites for hydroxylation is 1. The first-order valence-corrected chi connectivity index (χ1v) is 13.5. The normalized spacial score (nSPS) is 16.4. The van der Waals surface area contributed by atoms with Crippen LogP contribution in [0.15, 0.2) is 89.5 Å². The van der Waals surface area contributed by atoms with Gasteiger partial charge in [0.1, 0.15) is 17.6 Å². The predicted molar refractivity (Wildman–Crippen MR) is 157 cm³/mol. The van der Waals surface area contributed by atoms with E-state index in [0.29, 0.717) is 34.3 Å². The average Bonchev–Trinajstić information content (AvgIpc) is 3.60. The summed E-state index contributed by atoms with van der Waals surface area (Å²) in [6.07, 6.45) is 2.78. The van der Waals surface area contributed by atoms with E-state index >= 15 is 0 Å². The summed E-state index contributed by atoms with van der Waals surface area (Å²) in [5.74, 6) is 0.619. The second-order valence-electron chi connectivity index (χ2n) is 9.37. The highest BCUT2D eigenvalue weighted by molar-refractivity contribution is 7.80. The molecule has 0 unspecified atom stereocenters. The molecule has 0 spiro atoms. The quantitative estimate of drug-likeness (QED) is 0.201. The van der Waals surface area contributed by atoms with Gasteiger partial charge in [0.2, 0.25) is 5.91 Å². The van der Waals surface area contributed by atoms with E-state index in [1.54, 1.807) is 18.3 Å². The van der Waals surface area contributed by atoms with Gasteiger partial charge in [-0.2, -0.15) is 0 Å². The van der Waals surface area contributed by atoms with Crippen LogP contribution in [0.1, 0.15) is 52.8 Å². The Morgan fingerprint density at radius 2 is 1.82 bits per heavy atom. The fourth-order valence-electron chi connectivity index (χ4n) is 4.98. The van der Waals surface area contributed by atoms with E-state index in [1.807, 2.05) is 71.6 Å². The number of furan rings is 1. The van der Waals surface area contributed by atoms with Crippen molar-refractivity contribution < 1.29 is 18.7 Å². The topological polar surface area (TPSA) is 96.7 Å². The Morgan fingerprint density at radius 1 is 1.05 bits per heavy atom. The Labute approximate surface area is 238 Å². The first kappa shape index (κ1) is 27.1. The molecule has 2 N–H and O–H groups in total. The van der Waals surface area contributed by atoms with Crippen molar-refractivity contribution in [1.82, 2.24) is 15.2 Å². The standard InChI is InChI=1S/C31H30N4O4S/c1-3-20-10-4-7-13-23(20)33-27(36)17-19-35-29(28(34-31(35)40)24-14-8-9-18-32-24)26-16-15-25(39-26)21-11-5-6-12-22(21)30(37)38-2/h4-16,18,28-29H,3,17,19H2,1-2H3,(H,33,36)(H,34,40)/t28-,29-/m0/s1. The molecule has 3 heterocycles. The fraction of sp³-hybridized carbons (Fsp3) is 0.226. The highest BCUT2D eigenvalue weighted by atomic mass is 32.1. The number of methoxy groups -OCH3 is 1. The number of hydrogen-bond acceptors (Lipinski definition) is 6. The van der Waals surface area contributed by atoms with Crippen LogP contribution in [-0.2, 0) is 16.0 Å². The first-order chi connectivity index (χ1) is 19.5. The van der Waals surface area contributed by atoms with Gasteiger partial charge in [-0.25, -0.2) is 4.79 Å². The average molecular weight is 555 g/mol. The molecule has 2 atom stereocenters. The Kier molecular flexibility index (Phi) is 8.21. The number of hydrogen-bond donors (Lipinski definition) is 2. The van der Waals surface area contributed by atoms with Crippen molar-refractivity contribution >= 4 is 34.9 Å². The minimum Gasteiger partial charge on any atom is -0.465 e. The zero-order chi connectivity index (χ0) is 28.1. The Balaban J connectivity index is 1.43. The smallest absolute Gasteiger partial charge is 0.338 e. The molecule has 4 aromatic rings. The molecule has 0 aliphatic carbocycles. The van der Waals surface area contributed by atoms with Gasteiger partial charge in [0, 0.05) is 30.4 Å². The third kappa shape index (κ3) is 5.60. The van der Waals surface area contributed by atoms with Gasteiger partial charge in [-0.3, -0.25) is 9.78 Å². The molecule has 204 valence electrons. The molecule has 1 fully saturated rings. The van der Waals surface area contributed by atoms with Gasteiger partial charge in [0.25, 0.3) is 0 Å². The Hall–Kier alpha value is -4.50. The maximum atomic E-state index is 13.0. The van der Waals surface area contributed by atoms with Crippen molar-refractivity contribution in [2.45, 2.75) is 31.8 Å². The van der Waals surface area contributed by atoms with Crippen LogP contribution in [0.3, 0.4) is 0 Å². The number of thiocarbonyl (C=S) groups is 1. The van der Waals surface area contributed by atoms with E-state index in [0.717, 1.165) is 23.4 Å². The summed E-state index contributed by atoms with van der Waals surface area (Å²) in [6, 6.07) is 23.7. The van der Waals surface area contributed by atoms with Crippen molar-refractivity contribution in [2.75, 3.05) is 19.0 Å². The molecule has 1 aliphatic heterocycles. The SMILES string of the molecule is CCc1ccccc1NC(=O)CCN1C(=S)N[C@@H](c2ccccn2)[C@@H]1c1ccc(-c2ccccc2C(=O)OC)o1. The number of carbonyl (C=O) groups is 2. The summed E-state index contributed by atoms with van der Waals surface area (Å²) in [5.41, 5.74) is 3.74. The molecule has 5 rings (SSSR count). The van der Waals surface area contributed by atoms with E-state index in [4.69, 9.17) is 21.4 Å². The van der Waals surface area contributed by atoms with Crippen LogP contribution in [0.2, 0.25) is 0 Å². The third-order valence-electron chi connectivity index (χ3n) is 6.97. The zero-order valence-electron chi connectivity index (χ0n) is 22.3. The van der Waals surface area contributed by atoms with Gasteiger partial charge in [0.05, 0.1) is 24.4 Å². The Bertz CT molecular complexity index is 1520. The third-order valence-corrected chi connectivity index (χ3v) is 7.32. The second-order valence-corrected chi connectivity index (χ2v) is 9.75. The molecule has 1 amide bonds. The predicted octanol–water partition coefficient (Wildman–Crippen LogP) is 5.69. The van der Waals surface area contributed by atoms with Crippen LogP contribution in [0.5, 0.6) is 0 Å². The summed E-state index contributed by atoms with van der Waals surface area (Å²) in [6.45, 7) is 2.43. The maximum Gasteiger partial charge on any atom is 0.338 e. The molecule has 0 saturated carbocycles. The summed E-state index contributed by atoms with van der Waals surface area (Å²) in [4.78, 5) is 31.9. The molecule has 1 aliphatic rings. The Morgan fingerprint density at radius 3 is 2.60 bits per heavy atom. The number of esters is 1. The number of pyridine rings is 1. The number of nitrogens with zero attached hydrogens (tertiary/aromatic N) is 2. The van der Waals surface area contributed by atoms with Crippen LogP contribution >= 0.6 is 12.2 Å². The number of ether oxygens (including phenoxy) is 1. The molecule has 40 heavy (non-hydrogen) atoms. The van der Waals surface area contributed by atoms with E-state index in [9.17, 15) is 9.59 Å². The lowest BCUT2D eigenvalue weighted by Crippen LogP contribution is -2.32. The fourth-order valence-corrected chi connectivity index (χ4v) is 5.31. The van der Waals surface area contributed by atoms with Crippen LogP contribution in [-0.4, -0.2) is 40.5 Å². The minimum absolute atomic E-state index is 0.101. The number of amides is 1. The van der Waals surface area contributed by atoms with Crippen molar-refractivity contribution in [3.8, 4) is 11.3 Å². The molecule has 2 aromatic heterocycles. The van der Waals surface area contributed by atoms with Crippen molar-refractivity contribution in [3.05, 3.63) is 108 Å². The monoisotopic (exact) mass is 554 g/mol. The van der Waals surface area contributed by atoms with Gasteiger partial charge in [-0.15, -0.1) is 0 Å². The van der Waals surface area contributed by atoms with Gasteiger partial charge < -0.3 is 24.7 Å². The number of para-hydroxylation sites is 1. The number of aromatic nitrogens is 1. The summed E-state index contributed by atoms with van der Waals surface area (Å²) in [5, 5.41) is 6.92. The molecular weight excluding hydrogens is 524 g/mol. The lowest BCUT2D eigenvalue weighted by Gasteiger charge is -2.26. The van der Waals surface area contributed by atoms with E-state index in [-0.39, 0.29) is 24.4 Å². The first-order valence-electron chi connectivity index (χ1n) is 13.1. The molecule has 0 bridgehead atoms. The van der Waals surface area contributed by atoms with Crippen LogP contribution in [0, 0.1) is 0 Å². The number of carbonyl (C=O) groups excluding carboxylic acids is 2. The van der Waals surface area contributed by atoms with Gasteiger partial charge >= 0.3 is 5.97 Å². The molecular formula is C31H30N4O4S. The van der Waals surface area contributed by atoms with Gasteiger partial charge in [-0.05, 0) is 60.6 Å². The summed E-state index contributed by atoms with van der Waals surface area (Å²) in [7, 11) is 1.35. The number of nitrogens with one attached hydrogen (secondary N) is 2. The zero-order valence-corrected chi connectivity index (χ0v) is 23.1. The highest BCUT2D eigenvalue weighted by Crippen LogP contribution is 2.41. The largest absolute Gasteiger partial charge is 0.465 e. The van der Waals surface area contributed by atoms with Gasteiger partial charge in [0.15, 0.2) is 5.11 Å². The number of rotatable bonds is 9. The molecule has 8 nitrogen and oxygen atoms in total. The van der Waals surface area contributed by atoms with Crippen LogP contribution < -0.4 is 10.6 Å². The minimum atomic E-state index is -0.444. The van der Waals surface area contributed by atoms with Crippen molar-refractivity contribution in [1.29, 1.82) is 0 Å². The van der Waals surface area contributed by atoms with E-state index in [2.05, 4.69) is 22.5 Å². The maximum absolute atomic E-state index is 13.0. The summed E-state index contributed by atoms with van der Waals surface area (Å²) < 4.78 is 11.3. The lowest BCUT2D eigenvalue weighted by molar-refractivity contribution is -0.116. The number of anilines is 1. The van der Waals surface area contributed by atoms with Gasteiger partial charge in [-0.1, -0.05) is 49.4 Å². The second kappa shape index (κ2) is 12.1. The van der Waals surface area contributed by atoms with Crippen molar-refractivity contribution in [3.63, 3.8) is 0 Å². The molecule has 0 radical (unpaired) electrons. The van der Waals surface area contributed by atoms with Crippen LogP contribution in [0.25, 0.3) is 11.3 Å². The highest BCUT2D eigenvalue weighted by Gasteiger charge is 2.41. The number of benzene rings is 2. The van der Waals surface area contributed by atoms with E-state index in [1.165, 1.54) is 7.11 Å². The molecule has 1 saturated heterocycles. The molecule has 9 heteroatoms. The molecule has 2 aromatic carbocycles. The lowest BCUT2D eigenvalue weighted by atomic mass is 10.0. The van der Waals surface area contributed by atoms with Crippen LogP contribution in [0.4, 0.5) is 5.69 Å².